The van der Waals surface area contributed by atoms with E-state index in [1.54, 1.807) is 19.9 Å². The van der Waals surface area contributed by atoms with E-state index in [2.05, 4.69) is 4.74 Å². The maximum absolute atomic E-state index is 12.4. The molecular weight excluding hydrogens is 364 g/mol. The average Bonchev–Trinajstić information content (AvgIpc) is 2.63. The van der Waals surface area contributed by atoms with Gasteiger partial charge in [-0.05, 0) is 37.6 Å². The van der Waals surface area contributed by atoms with Gasteiger partial charge in [-0.25, -0.2) is 4.79 Å². The van der Waals surface area contributed by atoms with Crippen molar-refractivity contribution in [3.05, 3.63) is 63.7 Å². The molecule has 0 aliphatic rings. The zero-order valence-electron chi connectivity index (χ0n) is 14.6. The van der Waals surface area contributed by atoms with E-state index in [0.717, 1.165) is 0 Å². The van der Waals surface area contributed by atoms with Crippen LogP contribution in [0, 0.1) is 10.1 Å². The number of esters is 1. The van der Waals surface area contributed by atoms with Crippen molar-refractivity contribution in [2.75, 3.05) is 6.61 Å². The SMILES string of the molecule is CCOc1cc(C(=O)O[C@@H](C)c2cccc([N+](=O)[O-])c2)ccc1OC(F)F. The Balaban J connectivity index is 2.18. The highest BCUT2D eigenvalue weighted by Gasteiger charge is 2.19. The van der Waals surface area contributed by atoms with Crippen LogP contribution in [0.5, 0.6) is 11.5 Å². The van der Waals surface area contributed by atoms with Crippen LogP contribution in [0.2, 0.25) is 0 Å². The number of rotatable bonds is 8. The third-order valence-electron chi connectivity index (χ3n) is 3.53. The fourth-order valence-electron chi connectivity index (χ4n) is 2.28. The molecule has 0 saturated heterocycles. The minimum absolute atomic E-state index is 0.0183. The van der Waals surface area contributed by atoms with Crippen molar-refractivity contribution in [3.63, 3.8) is 0 Å². The van der Waals surface area contributed by atoms with E-state index in [0.29, 0.717) is 5.56 Å². The lowest BCUT2D eigenvalue weighted by atomic mass is 10.1. The molecule has 0 saturated carbocycles. The summed E-state index contributed by atoms with van der Waals surface area (Å²) in [6, 6.07) is 9.41. The molecule has 2 aromatic carbocycles. The van der Waals surface area contributed by atoms with Crippen LogP contribution in [0.25, 0.3) is 0 Å². The summed E-state index contributed by atoms with van der Waals surface area (Å²) in [5, 5.41) is 10.8. The first-order valence-corrected chi connectivity index (χ1v) is 7.98. The predicted octanol–water partition coefficient (Wildman–Crippen LogP) is 4.51. The maximum Gasteiger partial charge on any atom is 0.387 e. The summed E-state index contributed by atoms with van der Waals surface area (Å²) in [5.74, 6) is -0.955. The molecule has 9 heteroatoms. The number of halogens is 2. The van der Waals surface area contributed by atoms with Gasteiger partial charge < -0.3 is 14.2 Å². The van der Waals surface area contributed by atoms with Crippen LogP contribution in [0.4, 0.5) is 14.5 Å². The molecule has 0 amide bonds. The van der Waals surface area contributed by atoms with Crippen molar-refractivity contribution in [3.8, 4) is 11.5 Å². The molecule has 1 atom stereocenters. The molecule has 0 spiro atoms. The quantitative estimate of drug-likeness (QED) is 0.380. The van der Waals surface area contributed by atoms with Crippen LogP contribution in [0.3, 0.4) is 0 Å². The molecule has 0 aliphatic carbocycles. The standard InChI is InChI=1S/C18H17F2NO6/c1-3-25-16-10-13(7-8-15(16)27-18(19)20)17(22)26-11(2)12-5-4-6-14(9-12)21(23)24/h4-11,18H,3H2,1-2H3/t11-/m0/s1. The summed E-state index contributed by atoms with van der Waals surface area (Å²) in [6.45, 7) is 0.370. The van der Waals surface area contributed by atoms with Crippen LogP contribution in [-0.4, -0.2) is 24.1 Å². The Hall–Kier alpha value is -3.23. The van der Waals surface area contributed by atoms with Gasteiger partial charge in [-0.1, -0.05) is 12.1 Å². The van der Waals surface area contributed by atoms with Gasteiger partial charge in [0, 0.05) is 12.1 Å². The number of ether oxygens (including phenoxy) is 3. The second-order valence-electron chi connectivity index (χ2n) is 5.37. The number of nitro groups is 1. The van der Waals surface area contributed by atoms with Crippen LogP contribution in [0.15, 0.2) is 42.5 Å². The first-order valence-electron chi connectivity index (χ1n) is 7.98. The normalized spacial score (nSPS) is 11.7. The van der Waals surface area contributed by atoms with Crippen LogP contribution >= 0.6 is 0 Å². The van der Waals surface area contributed by atoms with Crippen molar-refractivity contribution in [1.82, 2.24) is 0 Å². The Morgan fingerprint density at radius 2 is 1.93 bits per heavy atom. The van der Waals surface area contributed by atoms with E-state index in [1.807, 2.05) is 0 Å². The molecule has 0 aromatic heterocycles. The molecule has 2 aromatic rings. The summed E-state index contributed by atoms with van der Waals surface area (Å²) in [7, 11) is 0. The lowest BCUT2D eigenvalue weighted by Crippen LogP contribution is -2.11. The van der Waals surface area contributed by atoms with Crippen molar-refractivity contribution in [2.45, 2.75) is 26.6 Å². The number of alkyl halides is 2. The van der Waals surface area contributed by atoms with Crippen molar-refractivity contribution in [2.24, 2.45) is 0 Å². The lowest BCUT2D eigenvalue weighted by Gasteiger charge is -2.15. The van der Waals surface area contributed by atoms with Gasteiger partial charge in [-0.2, -0.15) is 8.78 Å². The van der Waals surface area contributed by atoms with Gasteiger partial charge in [-0.3, -0.25) is 10.1 Å². The Bertz CT molecular complexity index is 827. The molecule has 0 heterocycles. The molecule has 27 heavy (non-hydrogen) atoms. The van der Waals surface area contributed by atoms with Gasteiger partial charge in [0.1, 0.15) is 6.10 Å². The maximum atomic E-state index is 12.4. The molecular formula is C18H17F2NO6. The summed E-state index contributed by atoms with van der Waals surface area (Å²) < 4.78 is 39.7. The Morgan fingerprint density at radius 3 is 2.56 bits per heavy atom. The van der Waals surface area contributed by atoms with E-state index >= 15 is 0 Å². The summed E-state index contributed by atoms with van der Waals surface area (Å²) in [5.41, 5.74) is 0.389. The Labute approximate surface area is 153 Å². The van der Waals surface area contributed by atoms with Crippen LogP contribution in [-0.2, 0) is 4.74 Å². The average molecular weight is 381 g/mol. The smallest absolute Gasteiger partial charge is 0.387 e. The molecule has 0 radical (unpaired) electrons. The van der Waals surface area contributed by atoms with E-state index in [-0.39, 0.29) is 29.4 Å². The molecule has 7 nitrogen and oxygen atoms in total. The highest BCUT2D eigenvalue weighted by atomic mass is 19.3. The van der Waals surface area contributed by atoms with E-state index < -0.39 is 23.6 Å². The molecule has 0 N–H and O–H groups in total. The number of carbonyl (C=O) groups is 1. The fraction of sp³-hybridized carbons (Fsp3) is 0.278. The number of non-ortho nitro benzene ring substituents is 1. The molecule has 2 rings (SSSR count). The number of benzene rings is 2. The summed E-state index contributed by atoms with van der Waals surface area (Å²) >= 11 is 0. The zero-order chi connectivity index (χ0) is 20.0. The third-order valence-corrected chi connectivity index (χ3v) is 3.53. The number of hydrogen-bond donors (Lipinski definition) is 0. The van der Waals surface area contributed by atoms with Crippen LogP contribution < -0.4 is 9.47 Å². The van der Waals surface area contributed by atoms with E-state index in [9.17, 15) is 23.7 Å². The molecule has 0 bridgehead atoms. The number of hydrogen-bond acceptors (Lipinski definition) is 6. The van der Waals surface area contributed by atoms with Gasteiger partial charge >= 0.3 is 12.6 Å². The summed E-state index contributed by atoms with van der Waals surface area (Å²) in [4.78, 5) is 22.6. The van der Waals surface area contributed by atoms with Crippen molar-refractivity contribution < 1.29 is 32.7 Å². The van der Waals surface area contributed by atoms with Crippen molar-refractivity contribution in [1.29, 1.82) is 0 Å². The van der Waals surface area contributed by atoms with Crippen molar-refractivity contribution >= 4 is 11.7 Å². The number of nitrogens with zero attached hydrogens (tertiary/aromatic N) is 1. The Morgan fingerprint density at radius 1 is 1.19 bits per heavy atom. The Kier molecular flexibility index (Phi) is 6.64. The van der Waals surface area contributed by atoms with Gasteiger partial charge in [-0.15, -0.1) is 0 Å². The predicted molar refractivity (Wildman–Crippen MR) is 91.2 cm³/mol. The van der Waals surface area contributed by atoms with E-state index in [4.69, 9.17) is 9.47 Å². The van der Waals surface area contributed by atoms with Gasteiger partial charge in [0.2, 0.25) is 0 Å². The number of nitro benzene ring substituents is 1. The highest BCUT2D eigenvalue weighted by Crippen LogP contribution is 2.31. The third kappa shape index (κ3) is 5.37. The second-order valence-corrected chi connectivity index (χ2v) is 5.37. The topological polar surface area (TPSA) is 87.9 Å². The monoisotopic (exact) mass is 381 g/mol. The van der Waals surface area contributed by atoms with Gasteiger partial charge in [0.05, 0.1) is 17.1 Å². The lowest BCUT2D eigenvalue weighted by molar-refractivity contribution is -0.385. The largest absolute Gasteiger partial charge is 0.490 e. The summed E-state index contributed by atoms with van der Waals surface area (Å²) in [6.07, 6.45) is -0.759. The van der Waals surface area contributed by atoms with E-state index in [1.165, 1.54) is 36.4 Å². The molecule has 0 fully saturated rings. The van der Waals surface area contributed by atoms with Crippen LogP contribution in [0.1, 0.15) is 35.9 Å². The molecule has 144 valence electrons. The van der Waals surface area contributed by atoms with Gasteiger partial charge in [0.25, 0.3) is 5.69 Å². The first-order chi connectivity index (χ1) is 12.8. The first kappa shape index (κ1) is 20.1. The zero-order valence-corrected chi connectivity index (χ0v) is 14.6. The highest BCUT2D eigenvalue weighted by molar-refractivity contribution is 5.90. The molecule has 0 aliphatic heterocycles. The van der Waals surface area contributed by atoms with Gasteiger partial charge in [0.15, 0.2) is 11.5 Å². The number of carbonyl (C=O) groups excluding carboxylic acids is 1. The molecule has 0 unspecified atom stereocenters. The minimum Gasteiger partial charge on any atom is -0.490 e. The second kappa shape index (κ2) is 8.93. The minimum atomic E-state index is -3.03. The fourth-order valence-corrected chi connectivity index (χ4v) is 2.28.